The van der Waals surface area contributed by atoms with Gasteiger partial charge >= 0.3 is 5.97 Å². The third-order valence-electron chi connectivity index (χ3n) is 5.98. The minimum absolute atomic E-state index is 0.0739. The van der Waals surface area contributed by atoms with Gasteiger partial charge < -0.3 is 14.4 Å². The summed E-state index contributed by atoms with van der Waals surface area (Å²) >= 11 is 5.95. The van der Waals surface area contributed by atoms with Crippen molar-refractivity contribution in [3.05, 3.63) is 75.3 Å². The molecule has 0 spiro atoms. The number of hydrogen-bond donors (Lipinski definition) is 0. The summed E-state index contributed by atoms with van der Waals surface area (Å²) in [4.78, 5) is 44.5. The fourth-order valence-corrected chi connectivity index (χ4v) is 4.42. The Balaban J connectivity index is 1.55. The Labute approximate surface area is 202 Å². The molecule has 3 heterocycles. The number of carbonyl (C=O) groups is 2. The third kappa shape index (κ3) is 4.92. The molecule has 1 aliphatic heterocycles. The Morgan fingerprint density at radius 2 is 1.94 bits per heavy atom. The highest BCUT2D eigenvalue weighted by molar-refractivity contribution is 6.30. The summed E-state index contributed by atoms with van der Waals surface area (Å²) in [5, 5.41) is 0.415. The van der Waals surface area contributed by atoms with Gasteiger partial charge in [0.15, 0.2) is 0 Å². The lowest BCUT2D eigenvalue weighted by atomic mass is 9.93. The van der Waals surface area contributed by atoms with Gasteiger partial charge in [-0.25, -0.2) is 4.98 Å². The average molecular weight is 484 g/mol. The van der Waals surface area contributed by atoms with Gasteiger partial charge in [-0.1, -0.05) is 37.1 Å². The zero-order valence-corrected chi connectivity index (χ0v) is 19.8. The average Bonchev–Trinajstić information content (AvgIpc) is 3.17. The zero-order valence-electron chi connectivity index (χ0n) is 19.1. The number of benzene rings is 1. The molecule has 178 valence electrons. The second-order valence-electron chi connectivity index (χ2n) is 8.24. The maximum atomic E-state index is 13.1. The Hall–Kier alpha value is -3.39. The van der Waals surface area contributed by atoms with Crippen molar-refractivity contribution in [1.82, 2.24) is 14.3 Å². The van der Waals surface area contributed by atoms with Crippen molar-refractivity contribution in [2.24, 2.45) is 5.92 Å². The van der Waals surface area contributed by atoms with Gasteiger partial charge in [0.2, 0.25) is 5.91 Å². The lowest BCUT2D eigenvalue weighted by Crippen LogP contribution is -2.32. The van der Waals surface area contributed by atoms with Crippen molar-refractivity contribution in [2.45, 2.75) is 38.8 Å². The van der Waals surface area contributed by atoms with Crippen LogP contribution in [0.25, 0.3) is 5.65 Å². The number of halogens is 1. The predicted octanol–water partition coefficient (Wildman–Crippen LogP) is 3.79. The van der Waals surface area contributed by atoms with Crippen LogP contribution in [-0.4, -0.2) is 39.8 Å². The molecule has 0 saturated carbocycles. The van der Waals surface area contributed by atoms with E-state index in [-0.39, 0.29) is 24.5 Å². The molecule has 34 heavy (non-hydrogen) atoms. The van der Waals surface area contributed by atoms with Crippen molar-refractivity contribution in [2.75, 3.05) is 13.7 Å². The number of nitrogens with zero attached hydrogens (tertiary/aromatic N) is 3. The van der Waals surface area contributed by atoms with Gasteiger partial charge in [0.05, 0.1) is 29.8 Å². The lowest BCUT2D eigenvalue weighted by molar-refractivity contribution is -0.151. The van der Waals surface area contributed by atoms with Crippen LogP contribution in [-0.2, 0) is 20.9 Å². The minimum Gasteiger partial charge on any atom is -0.497 e. The fourth-order valence-electron chi connectivity index (χ4n) is 4.26. The van der Waals surface area contributed by atoms with Gasteiger partial charge in [-0.2, -0.15) is 0 Å². The number of methoxy groups -OCH3 is 1. The first-order valence-electron chi connectivity index (χ1n) is 11.2. The summed E-state index contributed by atoms with van der Waals surface area (Å²) in [5.74, 6) is -0.526. The highest BCUT2D eigenvalue weighted by atomic mass is 35.5. The molecule has 3 aromatic rings. The summed E-state index contributed by atoms with van der Waals surface area (Å²) in [6.45, 7) is 2.46. The molecule has 1 amide bonds. The standard InChI is InChI=1S/C25H26ClN3O5/c1-3-4-11-28-23(31)13-20(24(28)16-5-8-19(33-2)9-6-16)25(32)34-15-18-12-22(30)29-14-17(26)7-10-21(29)27-18/h5-10,12,14,20,24H,3-4,11,13,15H2,1-2H3. The summed E-state index contributed by atoms with van der Waals surface area (Å²) in [6, 6.07) is 11.5. The monoisotopic (exact) mass is 483 g/mol. The second-order valence-corrected chi connectivity index (χ2v) is 8.67. The Kier molecular flexibility index (Phi) is 7.17. The van der Waals surface area contributed by atoms with E-state index in [1.807, 2.05) is 24.3 Å². The largest absolute Gasteiger partial charge is 0.497 e. The highest BCUT2D eigenvalue weighted by Crippen LogP contribution is 2.39. The number of hydrogen-bond acceptors (Lipinski definition) is 6. The quantitative estimate of drug-likeness (QED) is 0.453. The first kappa shape index (κ1) is 23.8. The van der Waals surface area contributed by atoms with Crippen LogP contribution in [0.2, 0.25) is 5.02 Å². The first-order valence-corrected chi connectivity index (χ1v) is 11.6. The summed E-state index contributed by atoms with van der Waals surface area (Å²) in [7, 11) is 1.59. The van der Waals surface area contributed by atoms with Crippen LogP contribution >= 0.6 is 11.6 Å². The van der Waals surface area contributed by atoms with Crippen LogP contribution in [0.3, 0.4) is 0 Å². The molecule has 9 heteroatoms. The Bertz CT molecular complexity index is 1260. The van der Waals surface area contributed by atoms with Crippen molar-refractivity contribution < 1.29 is 19.1 Å². The van der Waals surface area contributed by atoms with E-state index in [4.69, 9.17) is 21.1 Å². The molecule has 0 radical (unpaired) electrons. The van der Waals surface area contributed by atoms with Crippen LogP contribution < -0.4 is 10.3 Å². The number of likely N-dealkylation sites (tertiary alicyclic amines) is 1. The second kappa shape index (κ2) is 10.3. The van der Waals surface area contributed by atoms with E-state index >= 15 is 0 Å². The van der Waals surface area contributed by atoms with Crippen molar-refractivity contribution in [3.63, 3.8) is 0 Å². The molecule has 2 aromatic heterocycles. The number of amides is 1. The van der Waals surface area contributed by atoms with Crippen LogP contribution in [0, 0.1) is 5.92 Å². The normalized spacial score (nSPS) is 17.9. The van der Waals surface area contributed by atoms with E-state index in [0.717, 1.165) is 18.4 Å². The molecular weight excluding hydrogens is 458 g/mol. The number of aromatic nitrogens is 2. The maximum absolute atomic E-state index is 13.1. The number of carbonyl (C=O) groups excluding carboxylic acids is 2. The van der Waals surface area contributed by atoms with E-state index in [1.165, 1.54) is 16.7 Å². The molecule has 0 N–H and O–H groups in total. The molecule has 0 bridgehead atoms. The number of esters is 1. The number of unbranched alkanes of at least 4 members (excludes halogenated alkanes) is 1. The molecule has 4 rings (SSSR count). The smallest absolute Gasteiger partial charge is 0.312 e. The molecular formula is C25H26ClN3O5. The summed E-state index contributed by atoms with van der Waals surface area (Å²) in [5.41, 5.74) is 1.26. The van der Waals surface area contributed by atoms with E-state index < -0.39 is 17.9 Å². The number of fused-ring (bicyclic) bond motifs is 1. The van der Waals surface area contributed by atoms with Gasteiger partial charge in [0, 0.05) is 25.2 Å². The molecule has 1 fully saturated rings. The fraction of sp³-hybridized carbons (Fsp3) is 0.360. The molecule has 1 saturated heterocycles. The molecule has 1 aliphatic rings. The summed E-state index contributed by atoms with van der Waals surface area (Å²) < 4.78 is 12.1. The molecule has 8 nitrogen and oxygen atoms in total. The SMILES string of the molecule is CCCCN1C(=O)CC(C(=O)OCc2cc(=O)n3cc(Cl)ccc3n2)C1c1ccc(OC)cc1. The molecule has 0 aliphatic carbocycles. The van der Waals surface area contributed by atoms with Crippen molar-refractivity contribution in [1.29, 1.82) is 0 Å². The van der Waals surface area contributed by atoms with Gasteiger partial charge in [-0.05, 0) is 36.2 Å². The van der Waals surface area contributed by atoms with Crippen LogP contribution in [0.5, 0.6) is 5.75 Å². The van der Waals surface area contributed by atoms with Crippen molar-refractivity contribution in [3.8, 4) is 5.75 Å². The third-order valence-corrected chi connectivity index (χ3v) is 6.21. The van der Waals surface area contributed by atoms with Crippen LogP contribution in [0.4, 0.5) is 0 Å². The topological polar surface area (TPSA) is 90.2 Å². The summed E-state index contributed by atoms with van der Waals surface area (Å²) in [6.07, 6.45) is 3.33. The first-order chi connectivity index (χ1) is 16.4. The van der Waals surface area contributed by atoms with Gasteiger partial charge in [-0.15, -0.1) is 0 Å². The molecule has 2 unspecified atom stereocenters. The lowest BCUT2D eigenvalue weighted by Gasteiger charge is -2.28. The Morgan fingerprint density at radius 1 is 1.18 bits per heavy atom. The van der Waals surface area contributed by atoms with E-state index in [2.05, 4.69) is 11.9 Å². The van der Waals surface area contributed by atoms with Crippen LogP contribution in [0.1, 0.15) is 43.5 Å². The minimum atomic E-state index is -0.655. The van der Waals surface area contributed by atoms with E-state index in [9.17, 15) is 14.4 Å². The highest BCUT2D eigenvalue weighted by Gasteiger charge is 2.45. The molecule has 2 atom stereocenters. The number of ether oxygens (including phenoxy) is 2. The number of pyridine rings is 1. The Morgan fingerprint density at radius 3 is 2.65 bits per heavy atom. The predicted molar refractivity (Wildman–Crippen MR) is 127 cm³/mol. The van der Waals surface area contributed by atoms with Gasteiger partial charge in [0.25, 0.3) is 5.56 Å². The van der Waals surface area contributed by atoms with Crippen molar-refractivity contribution >= 4 is 29.1 Å². The van der Waals surface area contributed by atoms with Gasteiger partial charge in [-0.3, -0.25) is 18.8 Å². The van der Waals surface area contributed by atoms with Gasteiger partial charge in [0.1, 0.15) is 18.0 Å². The zero-order chi connectivity index (χ0) is 24.2. The number of rotatable bonds is 8. The maximum Gasteiger partial charge on any atom is 0.312 e. The van der Waals surface area contributed by atoms with E-state index in [0.29, 0.717) is 28.7 Å². The molecule has 1 aromatic carbocycles. The van der Waals surface area contributed by atoms with E-state index in [1.54, 1.807) is 24.1 Å². The van der Waals surface area contributed by atoms with Crippen LogP contribution in [0.15, 0.2) is 53.5 Å².